The lowest BCUT2D eigenvalue weighted by atomic mass is 9.81. The molecule has 3 aromatic rings. The first-order valence-electron chi connectivity index (χ1n) is 11.3. The van der Waals surface area contributed by atoms with Crippen molar-refractivity contribution in [2.45, 2.75) is 46.1 Å². The van der Waals surface area contributed by atoms with Crippen LogP contribution in [-0.4, -0.2) is 45.9 Å². The number of imidazole rings is 1. The number of rotatable bonds is 4. The number of ether oxygens (including phenoxy) is 1. The van der Waals surface area contributed by atoms with E-state index in [0.717, 1.165) is 36.8 Å². The number of esters is 1. The normalized spacial score (nSPS) is 24.0. The van der Waals surface area contributed by atoms with Gasteiger partial charge in [0.25, 0.3) is 5.91 Å². The summed E-state index contributed by atoms with van der Waals surface area (Å²) in [6.07, 6.45) is 3.15. The molecule has 2 aromatic carbocycles. The summed E-state index contributed by atoms with van der Waals surface area (Å²) in [5.74, 6) is -0.0170. The third-order valence-electron chi connectivity index (χ3n) is 7.24. The number of H-pyrrole nitrogens is 1. The Morgan fingerprint density at radius 1 is 1.12 bits per heavy atom. The number of benzene rings is 2. The summed E-state index contributed by atoms with van der Waals surface area (Å²) in [4.78, 5) is 35.8. The molecule has 2 aliphatic rings. The fraction of sp³-hybridized carbons (Fsp3) is 0.423. The van der Waals surface area contributed by atoms with Crippen molar-refractivity contribution in [1.29, 1.82) is 0 Å². The summed E-state index contributed by atoms with van der Waals surface area (Å²) in [5, 5.41) is 0. The molecule has 5 rings (SSSR count). The van der Waals surface area contributed by atoms with E-state index in [1.54, 1.807) is 12.1 Å². The Balaban J connectivity index is 1.32. The zero-order valence-corrected chi connectivity index (χ0v) is 18.9. The monoisotopic (exact) mass is 431 g/mol. The second-order valence-electron chi connectivity index (χ2n) is 10.3. The molecule has 1 saturated heterocycles. The number of nitrogens with one attached hydrogen (secondary N) is 1. The van der Waals surface area contributed by atoms with E-state index in [1.807, 2.05) is 41.3 Å². The van der Waals surface area contributed by atoms with Gasteiger partial charge < -0.3 is 14.6 Å². The highest BCUT2D eigenvalue weighted by atomic mass is 16.5. The first kappa shape index (κ1) is 20.7. The lowest BCUT2D eigenvalue weighted by Gasteiger charge is -2.40. The van der Waals surface area contributed by atoms with Crippen LogP contribution in [0.3, 0.4) is 0 Å². The molecule has 2 bridgehead atoms. The van der Waals surface area contributed by atoms with Crippen molar-refractivity contribution in [3.05, 3.63) is 54.1 Å². The SMILES string of the molecule is CC12CCN(C(=O)COC(=O)c3ccccc3-c3nc4ccccc4[nH]3)C(C1)C(C)(C)C2. The molecule has 1 saturated carbocycles. The zero-order valence-electron chi connectivity index (χ0n) is 18.9. The minimum Gasteiger partial charge on any atom is -0.452 e. The minimum absolute atomic E-state index is 0.0822. The quantitative estimate of drug-likeness (QED) is 0.601. The smallest absolute Gasteiger partial charge is 0.339 e. The fourth-order valence-corrected chi connectivity index (χ4v) is 5.84. The summed E-state index contributed by atoms with van der Waals surface area (Å²) >= 11 is 0. The van der Waals surface area contributed by atoms with E-state index in [0.29, 0.717) is 22.4 Å². The molecular formula is C26H29N3O3. The second-order valence-corrected chi connectivity index (χ2v) is 10.3. The molecule has 2 heterocycles. The first-order chi connectivity index (χ1) is 15.3. The van der Waals surface area contributed by atoms with Gasteiger partial charge in [0.1, 0.15) is 5.82 Å². The number of carbonyl (C=O) groups excluding carboxylic acids is 2. The number of hydrogen-bond donors (Lipinski definition) is 1. The molecular weight excluding hydrogens is 402 g/mol. The lowest BCUT2D eigenvalue weighted by molar-refractivity contribution is -0.140. The van der Waals surface area contributed by atoms with Crippen LogP contribution in [0.2, 0.25) is 0 Å². The summed E-state index contributed by atoms with van der Waals surface area (Å²) in [5.41, 5.74) is 3.18. The van der Waals surface area contributed by atoms with Gasteiger partial charge in [-0.2, -0.15) is 0 Å². The highest BCUT2D eigenvalue weighted by Crippen LogP contribution is 2.55. The van der Waals surface area contributed by atoms with Gasteiger partial charge in [-0.05, 0) is 48.3 Å². The van der Waals surface area contributed by atoms with Crippen LogP contribution in [0.25, 0.3) is 22.4 Å². The van der Waals surface area contributed by atoms with Crippen molar-refractivity contribution in [3.8, 4) is 11.4 Å². The van der Waals surface area contributed by atoms with Crippen molar-refractivity contribution < 1.29 is 14.3 Å². The molecule has 1 aliphatic heterocycles. The van der Waals surface area contributed by atoms with Crippen LogP contribution >= 0.6 is 0 Å². The molecule has 6 heteroatoms. The van der Waals surface area contributed by atoms with Gasteiger partial charge in [-0.15, -0.1) is 0 Å². The molecule has 1 aromatic heterocycles. The molecule has 0 radical (unpaired) electrons. The van der Waals surface area contributed by atoms with E-state index >= 15 is 0 Å². The van der Waals surface area contributed by atoms with Crippen LogP contribution in [0.4, 0.5) is 0 Å². The van der Waals surface area contributed by atoms with E-state index in [-0.39, 0.29) is 24.0 Å². The molecule has 1 N–H and O–H groups in total. The van der Waals surface area contributed by atoms with Crippen molar-refractivity contribution in [2.75, 3.05) is 13.2 Å². The molecule has 0 spiro atoms. The Hall–Kier alpha value is -3.15. The predicted molar refractivity (Wildman–Crippen MR) is 123 cm³/mol. The molecule has 166 valence electrons. The standard InChI is InChI=1S/C26H29N3O3/c1-25(2)16-26(3)12-13-29(21(25)14-26)22(30)15-32-24(31)18-9-5-4-8-17(18)23-27-19-10-6-7-11-20(19)28-23/h4-11,21H,12-16H2,1-3H3,(H,27,28). The van der Waals surface area contributed by atoms with Gasteiger partial charge in [-0.3, -0.25) is 4.79 Å². The Labute approximate surface area is 188 Å². The number of aromatic amines is 1. The molecule has 2 unspecified atom stereocenters. The Bertz CT molecular complexity index is 1160. The van der Waals surface area contributed by atoms with Crippen LogP contribution in [0.15, 0.2) is 48.5 Å². The fourth-order valence-electron chi connectivity index (χ4n) is 5.84. The van der Waals surface area contributed by atoms with Gasteiger partial charge in [0, 0.05) is 18.2 Å². The molecule has 6 nitrogen and oxygen atoms in total. The van der Waals surface area contributed by atoms with E-state index in [9.17, 15) is 9.59 Å². The highest BCUT2D eigenvalue weighted by molar-refractivity contribution is 5.98. The highest BCUT2D eigenvalue weighted by Gasteiger charge is 2.53. The molecule has 2 fully saturated rings. The van der Waals surface area contributed by atoms with Gasteiger partial charge in [0.2, 0.25) is 0 Å². The lowest BCUT2D eigenvalue weighted by Crippen LogP contribution is -2.49. The minimum atomic E-state index is -0.512. The topological polar surface area (TPSA) is 75.3 Å². The number of aromatic nitrogens is 2. The Morgan fingerprint density at radius 3 is 2.69 bits per heavy atom. The van der Waals surface area contributed by atoms with Crippen LogP contribution in [0.1, 0.15) is 50.4 Å². The molecule has 1 amide bonds. The summed E-state index contributed by atoms with van der Waals surface area (Å²) in [6.45, 7) is 7.30. The number of amides is 1. The van der Waals surface area contributed by atoms with Crippen LogP contribution in [0, 0.1) is 10.8 Å². The van der Waals surface area contributed by atoms with Crippen molar-refractivity contribution in [1.82, 2.24) is 14.9 Å². The van der Waals surface area contributed by atoms with E-state index in [1.165, 1.54) is 0 Å². The Morgan fingerprint density at radius 2 is 1.88 bits per heavy atom. The van der Waals surface area contributed by atoms with Crippen molar-refractivity contribution >= 4 is 22.9 Å². The molecule has 32 heavy (non-hydrogen) atoms. The van der Waals surface area contributed by atoms with Crippen LogP contribution in [-0.2, 0) is 9.53 Å². The number of likely N-dealkylation sites (tertiary alicyclic amines) is 1. The zero-order chi connectivity index (χ0) is 22.5. The second kappa shape index (κ2) is 7.47. The van der Waals surface area contributed by atoms with Crippen LogP contribution in [0.5, 0.6) is 0 Å². The van der Waals surface area contributed by atoms with Gasteiger partial charge >= 0.3 is 5.97 Å². The number of piperidine rings is 1. The number of nitrogens with zero attached hydrogens (tertiary/aromatic N) is 2. The van der Waals surface area contributed by atoms with E-state index in [4.69, 9.17) is 4.74 Å². The van der Waals surface area contributed by atoms with Crippen LogP contribution < -0.4 is 0 Å². The number of fused-ring (bicyclic) bond motifs is 3. The van der Waals surface area contributed by atoms with Gasteiger partial charge in [-0.1, -0.05) is 51.1 Å². The average Bonchev–Trinajstić information content (AvgIpc) is 3.28. The van der Waals surface area contributed by atoms with Gasteiger partial charge in [0.15, 0.2) is 6.61 Å². The van der Waals surface area contributed by atoms with E-state index in [2.05, 4.69) is 30.7 Å². The predicted octanol–water partition coefficient (Wildman–Crippen LogP) is 4.81. The van der Waals surface area contributed by atoms with E-state index < -0.39 is 5.97 Å². The van der Waals surface area contributed by atoms with Gasteiger partial charge in [-0.25, -0.2) is 9.78 Å². The maximum absolute atomic E-state index is 13.0. The number of carbonyl (C=O) groups is 2. The van der Waals surface area contributed by atoms with Gasteiger partial charge in [0.05, 0.1) is 16.6 Å². The maximum atomic E-state index is 13.0. The molecule has 1 aliphatic carbocycles. The number of para-hydroxylation sites is 2. The largest absolute Gasteiger partial charge is 0.452 e. The third-order valence-corrected chi connectivity index (χ3v) is 7.24. The number of hydrogen-bond acceptors (Lipinski definition) is 4. The first-order valence-corrected chi connectivity index (χ1v) is 11.3. The third kappa shape index (κ3) is 3.57. The summed E-state index contributed by atoms with van der Waals surface area (Å²) in [6, 6.07) is 15.1. The molecule has 2 atom stereocenters. The van der Waals surface area contributed by atoms with Crippen molar-refractivity contribution in [3.63, 3.8) is 0 Å². The Kier molecular flexibility index (Phi) is 4.84. The summed E-state index contributed by atoms with van der Waals surface area (Å²) in [7, 11) is 0. The van der Waals surface area contributed by atoms with Crippen molar-refractivity contribution in [2.24, 2.45) is 10.8 Å². The summed E-state index contributed by atoms with van der Waals surface area (Å²) < 4.78 is 5.51. The maximum Gasteiger partial charge on any atom is 0.339 e. The average molecular weight is 432 g/mol.